The van der Waals surface area contributed by atoms with Gasteiger partial charge in [0.15, 0.2) is 0 Å². The van der Waals surface area contributed by atoms with Gasteiger partial charge >= 0.3 is 0 Å². The number of aryl methyl sites for hydroxylation is 1. The van der Waals surface area contributed by atoms with Crippen molar-refractivity contribution >= 4 is 16.8 Å². The lowest BCUT2D eigenvalue weighted by Crippen LogP contribution is -2.60. The van der Waals surface area contributed by atoms with Crippen LogP contribution in [0.2, 0.25) is 0 Å². The summed E-state index contributed by atoms with van der Waals surface area (Å²) in [4.78, 5) is 38.1. The second kappa shape index (κ2) is 8.71. The van der Waals surface area contributed by atoms with E-state index in [-0.39, 0.29) is 11.5 Å². The van der Waals surface area contributed by atoms with Crippen molar-refractivity contribution in [3.05, 3.63) is 52.1 Å². The van der Waals surface area contributed by atoms with Gasteiger partial charge in [0.2, 0.25) is 5.91 Å². The zero-order valence-electron chi connectivity index (χ0n) is 19.3. The quantitative estimate of drug-likeness (QED) is 0.728. The zero-order valence-corrected chi connectivity index (χ0v) is 19.3. The summed E-state index contributed by atoms with van der Waals surface area (Å²) >= 11 is 0. The molecule has 4 aliphatic rings. The molecule has 33 heavy (non-hydrogen) atoms. The predicted octanol–water partition coefficient (Wildman–Crippen LogP) is 3.67. The Balaban J connectivity index is 1.14. The van der Waals surface area contributed by atoms with Crippen LogP contribution >= 0.6 is 0 Å². The Morgan fingerprint density at radius 1 is 1.15 bits per heavy atom. The van der Waals surface area contributed by atoms with Crippen molar-refractivity contribution in [2.45, 2.75) is 69.9 Å². The molecule has 2 aromatic rings. The third kappa shape index (κ3) is 3.92. The second-order valence-corrected chi connectivity index (χ2v) is 10.5. The number of fused-ring (bicyclic) bond motifs is 7. The third-order valence-electron chi connectivity index (χ3n) is 8.44. The zero-order chi connectivity index (χ0) is 22.4. The molecule has 0 unspecified atom stereocenters. The van der Waals surface area contributed by atoms with Crippen molar-refractivity contribution in [3.8, 4) is 0 Å². The summed E-state index contributed by atoms with van der Waals surface area (Å²) in [6.07, 6.45) is 12.0. The fourth-order valence-electron chi connectivity index (χ4n) is 7.06. The molecule has 1 N–H and O–H groups in total. The number of para-hydroxylation sites is 1. The van der Waals surface area contributed by atoms with Crippen LogP contribution in [0, 0.1) is 11.8 Å². The van der Waals surface area contributed by atoms with Crippen LogP contribution in [0.15, 0.2) is 40.7 Å². The van der Waals surface area contributed by atoms with E-state index in [4.69, 9.17) is 0 Å². The molecule has 0 spiro atoms. The number of aromatic amines is 1. The van der Waals surface area contributed by atoms with Crippen molar-refractivity contribution in [1.29, 1.82) is 0 Å². The van der Waals surface area contributed by atoms with Gasteiger partial charge in [0.25, 0.3) is 5.56 Å². The predicted molar refractivity (Wildman–Crippen MR) is 129 cm³/mol. The molecule has 1 aromatic carbocycles. The Morgan fingerprint density at radius 2 is 2.06 bits per heavy atom. The van der Waals surface area contributed by atoms with Crippen LogP contribution in [0.4, 0.5) is 0 Å². The minimum absolute atomic E-state index is 0.0992. The molecule has 6 rings (SSSR count). The minimum atomic E-state index is -0.0992. The van der Waals surface area contributed by atoms with Gasteiger partial charge in [0, 0.05) is 32.0 Å². The molecular formula is C27H34N4O2. The average molecular weight is 447 g/mol. The fourth-order valence-corrected chi connectivity index (χ4v) is 7.06. The van der Waals surface area contributed by atoms with Gasteiger partial charge in [0.05, 0.1) is 16.9 Å². The number of piperidine rings is 3. The van der Waals surface area contributed by atoms with Crippen LogP contribution in [-0.4, -0.2) is 57.4 Å². The SMILES string of the molecule is O=C(CCCc1nc2ccccc2c(=O)[nH]1)N1CCCC2=C[C@H]3C[C@@H](CN4CCCC[C@@H]34)[C@H]21. The van der Waals surface area contributed by atoms with E-state index in [1.165, 1.54) is 32.2 Å². The van der Waals surface area contributed by atoms with Gasteiger partial charge in [-0.05, 0) is 69.0 Å². The van der Waals surface area contributed by atoms with E-state index in [1.54, 1.807) is 11.6 Å². The van der Waals surface area contributed by atoms with Crippen molar-refractivity contribution < 1.29 is 4.79 Å². The molecule has 6 nitrogen and oxygen atoms in total. The normalized spacial score (nSPS) is 29.3. The number of H-pyrrole nitrogens is 1. The van der Waals surface area contributed by atoms with E-state index in [2.05, 4.69) is 25.8 Å². The number of hydrogen-bond donors (Lipinski definition) is 1. The van der Waals surface area contributed by atoms with Crippen molar-refractivity contribution in [2.75, 3.05) is 19.6 Å². The van der Waals surface area contributed by atoms with E-state index in [0.29, 0.717) is 48.4 Å². The van der Waals surface area contributed by atoms with Gasteiger partial charge in [-0.25, -0.2) is 4.98 Å². The molecule has 1 amide bonds. The summed E-state index contributed by atoms with van der Waals surface area (Å²) in [5.74, 6) is 2.23. The van der Waals surface area contributed by atoms with E-state index < -0.39 is 0 Å². The van der Waals surface area contributed by atoms with Gasteiger partial charge in [-0.3, -0.25) is 14.5 Å². The number of carbonyl (C=O) groups is 1. The Bertz CT molecular complexity index is 1140. The molecule has 3 fully saturated rings. The van der Waals surface area contributed by atoms with Crippen LogP contribution in [0.1, 0.15) is 57.2 Å². The van der Waals surface area contributed by atoms with E-state index >= 15 is 0 Å². The molecule has 3 saturated heterocycles. The highest BCUT2D eigenvalue weighted by Gasteiger charge is 2.46. The lowest BCUT2D eigenvalue weighted by atomic mass is 9.68. The number of benzene rings is 1. The van der Waals surface area contributed by atoms with Crippen LogP contribution in [0.5, 0.6) is 0 Å². The molecule has 4 heterocycles. The topological polar surface area (TPSA) is 69.3 Å². The molecular weight excluding hydrogens is 412 g/mol. The summed E-state index contributed by atoms with van der Waals surface area (Å²) in [5, 5.41) is 0.615. The van der Waals surface area contributed by atoms with Gasteiger partial charge in [-0.1, -0.05) is 30.2 Å². The second-order valence-electron chi connectivity index (χ2n) is 10.5. The van der Waals surface area contributed by atoms with Crippen LogP contribution in [-0.2, 0) is 11.2 Å². The molecule has 1 aliphatic carbocycles. The van der Waals surface area contributed by atoms with Gasteiger partial charge in [0.1, 0.15) is 5.82 Å². The van der Waals surface area contributed by atoms with Gasteiger partial charge < -0.3 is 9.88 Å². The molecule has 1 aromatic heterocycles. The molecule has 6 heteroatoms. The lowest BCUT2D eigenvalue weighted by Gasteiger charge is -2.54. The lowest BCUT2D eigenvalue weighted by molar-refractivity contribution is -0.136. The average Bonchev–Trinajstić information content (AvgIpc) is 2.84. The maximum Gasteiger partial charge on any atom is 0.258 e. The number of amides is 1. The summed E-state index contributed by atoms with van der Waals surface area (Å²) in [6.45, 7) is 3.28. The van der Waals surface area contributed by atoms with Crippen molar-refractivity contribution in [3.63, 3.8) is 0 Å². The number of nitrogens with zero attached hydrogens (tertiary/aromatic N) is 3. The number of rotatable bonds is 4. The number of carbonyl (C=O) groups excluding carboxylic acids is 1. The van der Waals surface area contributed by atoms with Crippen molar-refractivity contribution in [1.82, 2.24) is 19.8 Å². The van der Waals surface area contributed by atoms with Gasteiger partial charge in [-0.15, -0.1) is 0 Å². The Labute approximate surface area is 195 Å². The Hall–Kier alpha value is -2.47. The largest absolute Gasteiger partial charge is 0.336 e. The molecule has 4 atom stereocenters. The van der Waals surface area contributed by atoms with E-state index in [9.17, 15) is 9.59 Å². The first-order chi connectivity index (χ1) is 16.2. The molecule has 3 aliphatic heterocycles. The number of hydrogen-bond acceptors (Lipinski definition) is 4. The van der Waals surface area contributed by atoms with Crippen LogP contribution in [0.3, 0.4) is 0 Å². The number of nitrogens with one attached hydrogen (secondary N) is 1. The first-order valence-corrected chi connectivity index (χ1v) is 12.9. The van der Waals surface area contributed by atoms with Crippen molar-refractivity contribution in [2.24, 2.45) is 11.8 Å². The van der Waals surface area contributed by atoms with E-state index in [1.807, 2.05) is 18.2 Å². The molecule has 0 saturated carbocycles. The summed E-state index contributed by atoms with van der Waals surface area (Å²) < 4.78 is 0. The van der Waals surface area contributed by atoms with Crippen LogP contribution in [0.25, 0.3) is 10.9 Å². The number of aromatic nitrogens is 2. The maximum absolute atomic E-state index is 13.4. The Morgan fingerprint density at radius 3 is 3.00 bits per heavy atom. The summed E-state index contributed by atoms with van der Waals surface area (Å²) in [7, 11) is 0. The van der Waals surface area contributed by atoms with E-state index in [0.717, 1.165) is 37.5 Å². The highest BCUT2D eigenvalue weighted by atomic mass is 16.2. The highest BCUT2D eigenvalue weighted by Crippen LogP contribution is 2.45. The minimum Gasteiger partial charge on any atom is -0.336 e. The molecule has 0 radical (unpaired) electrons. The molecule has 174 valence electrons. The first kappa shape index (κ1) is 21.1. The summed E-state index contributed by atoms with van der Waals surface area (Å²) in [5.41, 5.74) is 2.16. The monoisotopic (exact) mass is 446 g/mol. The highest BCUT2D eigenvalue weighted by molar-refractivity contribution is 5.78. The standard InChI is InChI=1S/C27H34N4O2/c32-25(12-5-11-24-28-22-9-2-1-8-21(22)27(33)29-24)31-14-6-7-18-15-19-16-20(26(18)31)17-30-13-4-3-10-23(19)30/h1-2,8-9,15,19-20,23,26H,3-7,10-14,16-17H2,(H,28,29,33)/t19-,20-,23-,26-/m0/s1. The number of likely N-dealkylation sites (tertiary alicyclic amines) is 1. The fraction of sp³-hybridized carbons (Fsp3) is 0.593. The Kier molecular flexibility index (Phi) is 5.57. The third-order valence-corrected chi connectivity index (χ3v) is 8.44. The maximum atomic E-state index is 13.4. The summed E-state index contributed by atoms with van der Waals surface area (Å²) in [6, 6.07) is 8.46. The smallest absolute Gasteiger partial charge is 0.258 e. The first-order valence-electron chi connectivity index (χ1n) is 12.9. The molecule has 2 bridgehead atoms. The van der Waals surface area contributed by atoms with Crippen LogP contribution < -0.4 is 5.56 Å². The van der Waals surface area contributed by atoms with Gasteiger partial charge in [-0.2, -0.15) is 0 Å².